The number of nitrogens with one attached hydrogen (secondary N) is 1. The van der Waals surface area contributed by atoms with Crippen LogP contribution in [0.5, 0.6) is 0 Å². The lowest BCUT2D eigenvalue weighted by molar-refractivity contribution is -0.126. The minimum absolute atomic E-state index is 0.170. The highest BCUT2D eigenvalue weighted by Gasteiger charge is 2.31. The molecule has 252 valence electrons. The van der Waals surface area contributed by atoms with Crippen LogP contribution in [0.4, 0.5) is 19.0 Å². The van der Waals surface area contributed by atoms with Crippen molar-refractivity contribution in [1.82, 2.24) is 28.6 Å². The van der Waals surface area contributed by atoms with E-state index in [2.05, 4.69) is 68.6 Å². The molecule has 3 aromatic heterocycles. The number of piperazine rings is 1. The molecule has 0 saturated carbocycles. The molecule has 47 heavy (non-hydrogen) atoms. The zero-order chi connectivity index (χ0) is 33.5. The van der Waals surface area contributed by atoms with E-state index in [0.29, 0.717) is 28.3 Å². The number of nitrogens with zero attached hydrogens (tertiary/aromatic N) is 7. The van der Waals surface area contributed by atoms with Crippen molar-refractivity contribution in [3.63, 3.8) is 0 Å². The molecule has 0 bridgehead atoms. The van der Waals surface area contributed by atoms with E-state index in [4.69, 9.17) is 0 Å². The standard InChI is InChI=1S/C33H41F3N8OS2/c1-21(42-11-12-44(47(4)45)22(2)17-42)18-43-26(16-37)13-28-23(3)24(5-6-30(28)43)19-41-9-7-25(8-10-41)40-31-29-14-27(15-33(34,35)36)46-32(29)39-20-38-31/h5-6,13-14,20-22,25H,7-12,15,17-19H2,1-4H3,(H,38,39,40). The molecule has 4 aromatic rings. The number of alkyl halides is 3. The van der Waals surface area contributed by atoms with Gasteiger partial charge in [0.05, 0.1) is 22.8 Å². The van der Waals surface area contributed by atoms with Crippen LogP contribution in [0.2, 0.25) is 0 Å². The number of aromatic nitrogens is 3. The van der Waals surface area contributed by atoms with Gasteiger partial charge < -0.3 is 9.88 Å². The van der Waals surface area contributed by atoms with Gasteiger partial charge in [0, 0.05) is 86.0 Å². The molecule has 14 heteroatoms. The van der Waals surface area contributed by atoms with Gasteiger partial charge in [-0.05, 0) is 62.9 Å². The molecule has 5 heterocycles. The Hall–Kier alpha value is -3.09. The van der Waals surface area contributed by atoms with E-state index in [0.717, 1.165) is 74.3 Å². The Morgan fingerprint density at radius 1 is 1.15 bits per heavy atom. The third-order valence-corrected chi connectivity index (χ3v) is 11.9. The highest BCUT2D eigenvalue weighted by Crippen LogP contribution is 2.34. The fraction of sp³-hybridized carbons (Fsp3) is 0.545. The van der Waals surface area contributed by atoms with Gasteiger partial charge in [-0.15, -0.1) is 11.3 Å². The number of aryl methyl sites for hydroxylation is 1. The number of benzene rings is 1. The van der Waals surface area contributed by atoms with E-state index in [-0.39, 0.29) is 23.0 Å². The predicted octanol–water partition coefficient (Wildman–Crippen LogP) is 5.70. The highest BCUT2D eigenvalue weighted by atomic mass is 32.2. The molecule has 0 amide bonds. The van der Waals surface area contributed by atoms with Crippen LogP contribution in [-0.4, -0.2) is 96.1 Å². The summed E-state index contributed by atoms with van der Waals surface area (Å²) in [5, 5.41) is 15.3. The van der Waals surface area contributed by atoms with Gasteiger partial charge in [0.1, 0.15) is 28.7 Å². The van der Waals surface area contributed by atoms with Crippen molar-refractivity contribution in [2.24, 2.45) is 0 Å². The normalized spacial score (nSPS) is 20.5. The highest BCUT2D eigenvalue weighted by molar-refractivity contribution is 7.81. The number of nitriles is 1. The van der Waals surface area contributed by atoms with Gasteiger partial charge in [0.15, 0.2) is 0 Å². The Morgan fingerprint density at radius 2 is 1.91 bits per heavy atom. The smallest absolute Gasteiger partial charge is 0.367 e. The quantitative estimate of drug-likeness (QED) is 0.242. The van der Waals surface area contributed by atoms with E-state index < -0.39 is 23.6 Å². The number of thiophene rings is 1. The van der Waals surface area contributed by atoms with Crippen LogP contribution >= 0.6 is 11.3 Å². The molecule has 2 aliphatic rings. The van der Waals surface area contributed by atoms with Gasteiger partial charge in [0.25, 0.3) is 0 Å². The molecule has 1 N–H and O–H groups in total. The van der Waals surface area contributed by atoms with Crippen LogP contribution in [0, 0.1) is 18.3 Å². The van der Waals surface area contributed by atoms with Gasteiger partial charge in [-0.2, -0.15) is 18.4 Å². The molecule has 2 fully saturated rings. The van der Waals surface area contributed by atoms with Crippen molar-refractivity contribution in [3.8, 4) is 6.07 Å². The second-order valence-electron chi connectivity index (χ2n) is 12.9. The summed E-state index contributed by atoms with van der Waals surface area (Å²) in [5.74, 6) is 0.598. The molecule has 0 aliphatic carbocycles. The summed E-state index contributed by atoms with van der Waals surface area (Å²) in [4.78, 5) is 14.2. The summed E-state index contributed by atoms with van der Waals surface area (Å²) in [5.41, 5.74) is 4.16. The Kier molecular flexibility index (Phi) is 9.92. The van der Waals surface area contributed by atoms with E-state index in [1.807, 2.05) is 10.4 Å². The summed E-state index contributed by atoms with van der Waals surface area (Å²) in [6, 6.07) is 10.9. The molecule has 9 nitrogen and oxygen atoms in total. The molecule has 1 aromatic carbocycles. The molecule has 2 aliphatic heterocycles. The van der Waals surface area contributed by atoms with Crippen LogP contribution in [0.3, 0.4) is 0 Å². The van der Waals surface area contributed by atoms with Crippen molar-refractivity contribution in [2.75, 3.05) is 44.3 Å². The van der Waals surface area contributed by atoms with Crippen LogP contribution in [-0.2, 0) is 30.5 Å². The number of fused-ring (bicyclic) bond motifs is 2. The van der Waals surface area contributed by atoms with E-state index in [9.17, 15) is 22.6 Å². The molecule has 3 atom stereocenters. The molecule has 3 unspecified atom stereocenters. The number of hydrogen-bond acceptors (Lipinski definition) is 8. The first-order valence-corrected chi connectivity index (χ1v) is 18.4. The minimum atomic E-state index is -4.26. The fourth-order valence-electron chi connectivity index (χ4n) is 7.09. The molecule has 0 spiro atoms. The van der Waals surface area contributed by atoms with Crippen LogP contribution < -0.4 is 5.32 Å². The minimum Gasteiger partial charge on any atom is -0.367 e. The van der Waals surface area contributed by atoms with Crippen LogP contribution in [0.15, 0.2) is 30.6 Å². The van der Waals surface area contributed by atoms with Crippen LogP contribution in [0.25, 0.3) is 21.1 Å². The monoisotopic (exact) mass is 686 g/mol. The number of anilines is 1. The van der Waals surface area contributed by atoms with E-state index in [1.54, 1.807) is 12.3 Å². The second-order valence-corrected chi connectivity index (χ2v) is 15.4. The number of rotatable bonds is 9. The van der Waals surface area contributed by atoms with Gasteiger partial charge in [0.2, 0.25) is 0 Å². The average molecular weight is 687 g/mol. The summed E-state index contributed by atoms with van der Waals surface area (Å²) in [7, 11) is -0.972. The van der Waals surface area contributed by atoms with Gasteiger partial charge in [-0.1, -0.05) is 6.07 Å². The third-order valence-electron chi connectivity index (χ3n) is 9.66. The Labute approximate surface area is 280 Å². The Bertz CT molecular complexity index is 1810. The maximum atomic E-state index is 12.9. The first kappa shape index (κ1) is 33.8. The Morgan fingerprint density at radius 3 is 2.60 bits per heavy atom. The van der Waals surface area contributed by atoms with E-state index in [1.165, 1.54) is 17.5 Å². The van der Waals surface area contributed by atoms with Gasteiger partial charge in [-0.3, -0.25) is 9.80 Å². The maximum Gasteiger partial charge on any atom is 0.393 e. The number of hydrogen-bond donors (Lipinski definition) is 1. The Balaban J connectivity index is 1.09. The van der Waals surface area contributed by atoms with Gasteiger partial charge in [-0.25, -0.2) is 18.5 Å². The first-order valence-electron chi connectivity index (χ1n) is 16.0. The lowest BCUT2D eigenvalue weighted by Crippen LogP contribution is -2.55. The van der Waals surface area contributed by atoms with Crippen molar-refractivity contribution in [1.29, 1.82) is 5.26 Å². The third kappa shape index (κ3) is 7.49. The van der Waals surface area contributed by atoms with Crippen LogP contribution in [0.1, 0.15) is 48.4 Å². The lowest BCUT2D eigenvalue weighted by atomic mass is 10.0. The van der Waals surface area contributed by atoms with E-state index >= 15 is 0 Å². The summed E-state index contributed by atoms with van der Waals surface area (Å²) in [6.07, 6.45) is -0.285. The molecule has 0 radical (unpaired) electrons. The van der Waals surface area contributed by atoms with Crippen molar-refractivity contribution in [3.05, 3.63) is 52.3 Å². The van der Waals surface area contributed by atoms with Crippen molar-refractivity contribution in [2.45, 2.75) is 77.4 Å². The number of likely N-dealkylation sites (tertiary alicyclic amines) is 1. The second kappa shape index (κ2) is 13.8. The summed E-state index contributed by atoms with van der Waals surface area (Å²) >= 11 is 1.07. The average Bonchev–Trinajstić information content (AvgIpc) is 3.59. The van der Waals surface area contributed by atoms with Crippen molar-refractivity contribution < 1.29 is 17.4 Å². The summed E-state index contributed by atoms with van der Waals surface area (Å²) < 4.78 is 55.1. The number of piperidine rings is 1. The molecule has 6 rings (SSSR count). The molecular formula is C33H41F3N8OS2. The zero-order valence-electron chi connectivity index (χ0n) is 27.2. The first-order chi connectivity index (χ1) is 22.4. The summed E-state index contributed by atoms with van der Waals surface area (Å²) in [6.45, 7) is 12.2. The zero-order valence-corrected chi connectivity index (χ0v) is 28.8. The molecule has 2 saturated heterocycles. The number of halogens is 3. The topological polar surface area (TPSA) is 93.3 Å². The lowest BCUT2D eigenvalue weighted by Gasteiger charge is -2.41. The maximum absolute atomic E-state index is 12.9. The SMILES string of the molecule is Cc1c(CN2CCC(Nc3ncnc4sc(CC(F)(F)F)cc34)CC2)ccc2c1cc(C#N)n2CC(C)N1CCN(S(C)=O)C(C)C1. The molecular weight excluding hydrogens is 646 g/mol. The van der Waals surface area contributed by atoms with Gasteiger partial charge >= 0.3 is 6.18 Å². The largest absolute Gasteiger partial charge is 0.393 e. The van der Waals surface area contributed by atoms with Crippen molar-refractivity contribution >= 4 is 49.3 Å². The predicted molar refractivity (Wildman–Crippen MR) is 182 cm³/mol. The fourth-order valence-corrected chi connectivity index (χ4v) is 9.03.